The minimum Gasteiger partial charge on any atom is -0.348 e. The topological polar surface area (TPSA) is 67.2 Å². The fraction of sp³-hybridized carbons (Fsp3) is 0.450. The van der Waals surface area contributed by atoms with Crippen LogP contribution in [-0.2, 0) is 19.6 Å². The first-order chi connectivity index (χ1) is 13.2. The number of rotatable bonds is 5. The van der Waals surface area contributed by atoms with E-state index >= 15 is 0 Å². The smallest absolute Gasteiger partial charge is 0.267 e. The molecule has 1 aromatic heterocycles. The minimum absolute atomic E-state index is 0.114. The summed E-state index contributed by atoms with van der Waals surface area (Å²) in [5.41, 5.74) is 2.18. The molecule has 7 heteroatoms. The van der Waals surface area contributed by atoms with Crippen LogP contribution in [0.2, 0.25) is 0 Å². The Balaban J connectivity index is 1.34. The highest BCUT2D eigenvalue weighted by atomic mass is 32.2. The molecule has 4 rings (SSSR count). The summed E-state index contributed by atoms with van der Waals surface area (Å²) in [5, 5.41) is 3.53. The fourth-order valence-electron chi connectivity index (χ4n) is 3.59. The lowest BCUT2D eigenvalue weighted by atomic mass is 10.1. The van der Waals surface area contributed by atoms with Crippen LogP contribution in [0.5, 0.6) is 0 Å². The second-order valence-corrected chi connectivity index (χ2v) is 8.16. The minimum atomic E-state index is -0.364. The van der Waals surface area contributed by atoms with E-state index in [-0.39, 0.29) is 17.0 Å². The van der Waals surface area contributed by atoms with E-state index in [1.165, 1.54) is 44.1 Å². The van der Waals surface area contributed by atoms with Crippen molar-refractivity contribution < 1.29 is 4.79 Å². The van der Waals surface area contributed by atoms with Gasteiger partial charge in [-0.1, -0.05) is 42.4 Å². The largest absolute Gasteiger partial charge is 0.348 e. The number of fused-ring (bicyclic) bond motifs is 1. The Kier molecular flexibility index (Phi) is 5.59. The van der Waals surface area contributed by atoms with Gasteiger partial charge in [-0.25, -0.2) is 4.98 Å². The van der Waals surface area contributed by atoms with Crippen LogP contribution in [-0.4, -0.2) is 39.2 Å². The van der Waals surface area contributed by atoms with Gasteiger partial charge in [0, 0.05) is 31.6 Å². The number of benzene rings is 1. The Morgan fingerprint density at radius 3 is 2.59 bits per heavy atom. The molecule has 1 N–H and O–H groups in total. The maximum absolute atomic E-state index is 12.4. The Labute approximate surface area is 163 Å². The van der Waals surface area contributed by atoms with E-state index in [0.29, 0.717) is 18.2 Å². The molecule has 142 valence electrons. The molecule has 0 radical (unpaired) electrons. The molecule has 1 saturated heterocycles. The van der Waals surface area contributed by atoms with E-state index in [2.05, 4.69) is 27.3 Å². The first kappa shape index (κ1) is 18.3. The van der Waals surface area contributed by atoms with Crippen LogP contribution in [0.4, 0.5) is 0 Å². The molecule has 1 aromatic carbocycles. The predicted octanol–water partition coefficient (Wildman–Crippen LogP) is 2.26. The Morgan fingerprint density at radius 1 is 1.07 bits per heavy atom. The highest BCUT2D eigenvalue weighted by molar-refractivity contribution is 7.99. The second-order valence-electron chi connectivity index (χ2n) is 7.10. The number of hydrogen-bond donors (Lipinski definition) is 1. The van der Waals surface area contributed by atoms with Gasteiger partial charge in [0.1, 0.15) is 5.56 Å². The van der Waals surface area contributed by atoms with Crippen molar-refractivity contribution in [3.8, 4) is 0 Å². The average molecular weight is 385 g/mol. The van der Waals surface area contributed by atoms with Gasteiger partial charge < -0.3 is 5.32 Å². The molecule has 2 aliphatic heterocycles. The highest BCUT2D eigenvalue weighted by Crippen LogP contribution is 2.20. The first-order valence-electron chi connectivity index (χ1n) is 9.52. The number of nitrogens with one attached hydrogen (secondary N) is 1. The number of nitrogens with zero attached hydrogens (tertiary/aromatic N) is 3. The fourth-order valence-corrected chi connectivity index (χ4v) is 4.50. The SMILES string of the molecule is O=C(NCc1ccc(CN2CCCCC2)cc1)c1cnc2n(c1=O)CCS2. The van der Waals surface area contributed by atoms with Crippen molar-refractivity contribution in [1.82, 2.24) is 19.8 Å². The van der Waals surface area contributed by atoms with Crippen LogP contribution in [0.3, 0.4) is 0 Å². The normalized spacial score (nSPS) is 16.9. The molecule has 0 atom stereocenters. The molecular weight excluding hydrogens is 360 g/mol. The van der Waals surface area contributed by atoms with Gasteiger partial charge in [0.2, 0.25) is 0 Å². The second kappa shape index (κ2) is 8.27. The van der Waals surface area contributed by atoms with Crippen molar-refractivity contribution in [1.29, 1.82) is 0 Å². The molecule has 0 saturated carbocycles. The maximum atomic E-state index is 12.4. The van der Waals surface area contributed by atoms with Crippen LogP contribution in [0.25, 0.3) is 0 Å². The lowest BCUT2D eigenvalue weighted by molar-refractivity contribution is 0.0948. The molecule has 0 spiro atoms. The summed E-state index contributed by atoms with van der Waals surface area (Å²) in [4.78, 5) is 31.5. The lowest BCUT2D eigenvalue weighted by Gasteiger charge is -2.26. The van der Waals surface area contributed by atoms with Gasteiger partial charge in [-0.05, 0) is 37.1 Å². The number of aromatic nitrogens is 2. The molecule has 0 unspecified atom stereocenters. The molecule has 1 fully saturated rings. The van der Waals surface area contributed by atoms with Crippen molar-refractivity contribution in [3.63, 3.8) is 0 Å². The number of amides is 1. The van der Waals surface area contributed by atoms with Gasteiger partial charge in [-0.2, -0.15) is 0 Å². The maximum Gasteiger partial charge on any atom is 0.267 e. The molecule has 2 aliphatic rings. The van der Waals surface area contributed by atoms with Gasteiger partial charge in [-0.15, -0.1) is 0 Å². The average Bonchev–Trinajstić information content (AvgIpc) is 3.18. The zero-order chi connectivity index (χ0) is 18.6. The zero-order valence-corrected chi connectivity index (χ0v) is 16.1. The highest BCUT2D eigenvalue weighted by Gasteiger charge is 2.19. The van der Waals surface area contributed by atoms with Gasteiger partial charge in [0.15, 0.2) is 5.16 Å². The number of carbonyl (C=O) groups is 1. The van der Waals surface area contributed by atoms with Gasteiger partial charge in [-0.3, -0.25) is 19.1 Å². The lowest BCUT2D eigenvalue weighted by Crippen LogP contribution is -2.33. The van der Waals surface area contributed by atoms with Crippen LogP contribution in [0.1, 0.15) is 40.7 Å². The van der Waals surface area contributed by atoms with Crippen LogP contribution < -0.4 is 10.9 Å². The molecule has 3 heterocycles. The third kappa shape index (κ3) is 4.25. The number of thioether (sulfide) groups is 1. The third-order valence-corrected chi connectivity index (χ3v) is 6.10. The molecule has 1 amide bonds. The third-order valence-electron chi connectivity index (χ3n) is 5.13. The standard InChI is InChI=1S/C20H24N4O2S/c25-18(17-13-22-20-24(19(17)26)10-11-27-20)21-12-15-4-6-16(7-5-15)14-23-8-2-1-3-9-23/h4-7,13H,1-3,8-12,14H2,(H,21,25). The monoisotopic (exact) mass is 384 g/mol. The van der Waals surface area contributed by atoms with E-state index in [1.807, 2.05) is 12.1 Å². The summed E-state index contributed by atoms with van der Waals surface area (Å²) in [7, 11) is 0. The summed E-state index contributed by atoms with van der Waals surface area (Å²) < 4.78 is 1.58. The molecule has 27 heavy (non-hydrogen) atoms. The van der Waals surface area contributed by atoms with Crippen molar-refractivity contribution in [3.05, 3.63) is 57.5 Å². The van der Waals surface area contributed by atoms with Gasteiger partial charge in [0.05, 0.1) is 0 Å². The number of piperidine rings is 1. The summed E-state index contributed by atoms with van der Waals surface area (Å²) >= 11 is 1.54. The quantitative estimate of drug-likeness (QED) is 0.801. The van der Waals surface area contributed by atoms with Crippen molar-refractivity contribution in [2.24, 2.45) is 0 Å². The number of likely N-dealkylation sites (tertiary alicyclic amines) is 1. The molecule has 0 bridgehead atoms. The van der Waals surface area contributed by atoms with Crippen molar-refractivity contribution in [2.45, 2.75) is 44.1 Å². The van der Waals surface area contributed by atoms with Crippen molar-refractivity contribution >= 4 is 17.7 Å². The molecule has 0 aliphatic carbocycles. The summed E-state index contributed by atoms with van der Waals surface area (Å²) in [6, 6.07) is 8.34. The number of hydrogen-bond acceptors (Lipinski definition) is 5. The first-order valence-corrected chi connectivity index (χ1v) is 10.5. The van der Waals surface area contributed by atoms with Gasteiger partial charge in [0.25, 0.3) is 11.5 Å². The summed E-state index contributed by atoms with van der Waals surface area (Å²) in [6.07, 6.45) is 5.32. The Hall–Kier alpha value is -2.12. The molecule has 6 nitrogen and oxygen atoms in total. The van der Waals surface area contributed by atoms with E-state index in [0.717, 1.165) is 17.9 Å². The van der Waals surface area contributed by atoms with Crippen molar-refractivity contribution in [2.75, 3.05) is 18.8 Å². The van der Waals surface area contributed by atoms with E-state index < -0.39 is 0 Å². The number of carbonyl (C=O) groups excluding carboxylic acids is 1. The Bertz CT molecular complexity index is 873. The summed E-state index contributed by atoms with van der Waals surface area (Å²) in [6.45, 7) is 4.37. The van der Waals surface area contributed by atoms with Gasteiger partial charge >= 0.3 is 0 Å². The molecule has 2 aromatic rings. The Morgan fingerprint density at radius 2 is 1.81 bits per heavy atom. The van der Waals surface area contributed by atoms with E-state index in [4.69, 9.17) is 0 Å². The van der Waals surface area contributed by atoms with E-state index in [9.17, 15) is 9.59 Å². The zero-order valence-electron chi connectivity index (χ0n) is 15.3. The van der Waals surface area contributed by atoms with E-state index in [1.54, 1.807) is 16.3 Å². The predicted molar refractivity (Wildman–Crippen MR) is 106 cm³/mol. The molecular formula is C20H24N4O2S. The van der Waals surface area contributed by atoms with Crippen LogP contribution in [0, 0.1) is 0 Å². The summed E-state index contributed by atoms with van der Waals surface area (Å²) in [5.74, 6) is 0.467. The van der Waals surface area contributed by atoms with Crippen LogP contribution >= 0.6 is 11.8 Å². The van der Waals surface area contributed by atoms with Crippen LogP contribution in [0.15, 0.2) is 40.4 Å².